The number of hydrogen-bond donors (Lipinski definition) is 1. The fraction of sp³-hybridized carbons (Fsp3) is 0.562. The van der Waals surface area contributed by atoms with Gasteiger partial charge in [-0.2, -0.15) is 13.2 Å². The molecule has 4 aliphatic rings. The van der Waals surface area contributed by atoms with E-state index in [1.807, 2.05) is 32.2 Å². The minimum absolute atomic E-state index is 0.0407. The molecule has 0 saturated heterocycles. The summed E-state index contributed by atoms with van der Waals surface area (Å²) in [5.74, 6) is 4.48. The van der Waals surface area contributed by atoms with Crippen LogP contribution in [-0.4, -0.2) is 24.8 Å². The van der Waals surface area contributed by atoms with Gasteiger partial charge in [0.05, 0.1) is 5.41 Å². The first-order valence-electron chi connectivity index (χ1n) is 13.8. The molecule has 2 fully saturated rings. The van der Waals surface area contributed by atoms with Crippen LogP contribution < -0.4 is 5.32 Å². The predicted molar refractivity (Wildman–Crippen MR) is 142 cm³/mol. The van der Waals surface area contributed by atoms with E-state index in [-0.39, 0.29) is 41.7 Å². The molecule has 202 valence electrons. The molecule has 1 aromatic rings. The van der Waals surface area contributed by atoms with Crippen LogP contribution in [0.3, 0.4) is 0 Å². The lowest BCUT2D eigenvalue weighted by Gasteiger charge is -2.55. The maximum Gasteiger partial charge on any atom is 0.457 e. The van der Waals surface area contributed by atoms with Crippen molar-refractivity contribution in [2.75, 3.05) is 12.4 Å². The summed E-state index contributed by atoms with van der Waals surface area (Å²) in [5, 5.41) is 3.15. The molecule has 5 rings (SSSR count). The summed E-state index contributed by atoms with van der Waals surface area (Å²) in [6, 6.07) is 8.25. The third kappa shape index (κ3) is 4.14. The quantitative estimate of drug-likeness (QED) is 0.418. The molecule has 6 heteroatoms. The number of carbonyl (C=O) groups is 2. The van der Waals surface area contributed by atoms with E-state index in [1.165, 1.54) is 11.1 Å². The Hall–Kier alpha value is -2.81. The molecule has 0 amide bonds. The highest BCUT2D eigenvalue weighted by molar-refractivity contribution is 5.93. The molecule has 1 aromatic carbocycles. The average Bonchev–Trinajstić information content (AvgIpc) is 3.19. The summed E-state index contributed by atoms with van der Waals surface area (Å²) in [6.07, 6.45) is 1.01. The number of alkyl halides is 3. The number of Topliss-reactive ketones (excluding diaryl/α,β-unsaturated/α-hetero) is 1. The molecule has 1 N–H and O–H groups in total. The van der Waals surface area contributed by atoms with Gasteiger partial charge in [0.2, 0.25) is 0 Å². The van der Waals surface area contributed by atoms with E-state index in [2.05, 4.69) is 30.3 Å². The highest BCUT2D eigenvalue weighted by atomic mass is 19.4. The SMILES string of the molecule is CCC(=O)[C@@]1(C#CC(F)(F)F)CC[C@H]2[C@@H]3CC(C)C4=CC(=O)CCC4=C3[C@@H](c3ccc(NC)cc3)C[C@@]21C. The van der Waals surface area contributed by atoms with Crippen molar-refractivity contribution in [2.24, 2.45) is 28.6 Å². The number of allylic oxidation sites excluding steroid dienone is 4. The molecule has 0 aliphatic heterocycles. The molecule has 0 radical (unpaired) electrons. The van der Waals surface area contributed by atoms with E-state index in [1.54, 1.807) is 12.8 Å². The normalized spacial score (nSPS) is 34.4. The van der Waals surface area contributed by atoms with Crippen LogP contribution in [0, 0.1) is 40.4 Å². The van der Waals surface area contributed by atoms with E-state index >= 15 is 0 Å². The van der Waals surface area contributed by atoms with Crippen LogP contribution >= 0.6 is 0 Å². The zero-order valence-corrected chi connectivity index (χ0v) is 22.6. The van der Waals surface area contributed by atoms with Crippen molar-refractivity contribution in [3.05, 3.63) is 52.6 Å². The Bertz CT molecular complexity index is 1280. The van der Waals surface area contributed by atoms with Gasteiger partial charge in [-0.3, -0.25) is 9.59 Å². The Balaban J connectivity index is 1.73. The highest BCUT2D eigenvalue weighted by Crippen LogP contribution is 2.70. The van der Waals surface area contributed by atoms with Crippen LogP contribution in [0.2, 0.25) is 0 Å². The first kappa shape index (κ1) is 26.8. The number of nitrogens with one attached hydrogen (secondary N) is 1. The van der Waals surface area contributed by atoms with Crippen LogP contribution in [0.5, 0.6) is 0 Å². The van der Waals surface area contributed by atoms with E-state index in [9.17, 15) is 22.8 Å². The lowest BCUT2D eigenvalue weighted by Crippen LogP contribution is -2.51. The first-order chi connectivity index (χ1) is 17.9. The van der Waals surface area contributed by atoms with Crippen LogP contribution in [0.25, 0.3) is 0 Å². The van der Waals surface area contributed by atoms with Crippen molar-refractivity contribution in [3.8, 4) is 11.8 Å². The number of fused-ring (bicyclic) bond motifs is 4. The molecule has 3 nitrogen and oxygen atoms in total. The van der Waals surface area contributed by atoms with Crippen LogP contribution in [0.4, 0.5) is 18.9 Å². The van der Waals surface area contributed by atoms with Gasteiger partial charge in [0.25, 0.3) is 0 Å². The second-order valence-corrected chi connectivity index (χ2v) is 11.9. The van der Waals surface area contributed by atoms with Crippen molar-refractivity contribution >= 4 is 17.3 Å². The van der Waals surface area contributed by atoms with Crippen LogP contribution in [0.15, 0.2) is 47.1 Å². The van der Waals surface area contributed by atoms with E-state index in [0.717, 1.165) is 23.2 Å². The van der Waals surface area contributed by atoms with Gasteiger partial charge < -0.3 is 5.32 Å². The zero-order valence-electron chi connectivity index (χ0n) is 22.6. The molecule has 0 bridgehead atoms. The van der Waals surface area contributed by atoms with Crippen LogP contribution in [-0.2, 0) is 9.59 Å². The maximum absolute atomic E-state index is 13.6. The number of hydrogen-bond acceptors (Lipinski definition) is 3. The third-order valence-corrected chi connectivity index (χ3v) is 10.1. The minimum atomic E-state index is -4.65. The number of rotatable bonds is 4. The second-order valence-electron chi connectivity index (χ2n) is 11.9. The molecule has 0 heterocycles. The molecule has 38 heavy (non-hydrogen) atoms. The number of halogens is 3. The summed E-state index contributed by atoms with van der Waals surface area (Å²) in [5.41, 5.74) is 3.85. The Morgan fingerprint density at radius 2 is 1.89 bits per heavy atom. The van der Waals surface area contributed by atoms with Gasteiger partial charge >= 0.3 is 6.18 Å². The molecule has 6 atom stereocenters. The van der Waals surface area contributed by atoms with Gasteiger partial charge in [-0.05, 0) is 90.2 Å². The summed E-state index contributed by atoms with van der Waals surface area (Å²) >= 11 is 0. The van der Waals surface area contributed by atoms with Gasteiger partial charge in [-0.25, -0.2) is 0 Å². The van der Waals surface area contributed by atoms with Crippen molar-refractivity contribution < 1.29 is 22.8 Å². The van der Waals surface area contributed by atoms with Gasteiger partial charge in [0, 0.05) is 37.4 Å². The first-order valence-corrected chi connectivity index (χ1v) is 13.8. The van der Waals surface area contributed by atoms with Gasteiger partial charge in [-0.15, -0.1) is 0 Å². The standard InChI is InChI=1S/C32H36F3NO2/c1-5-28(38)31(14-15-32(33,34)35)13-12-27-25-16-19(2)24-17-22(37)10-11-23(24)29(25)26(18-30(27,31)3)20-6-8-21(36-4)9-7-20/h6-9,17,19,25-27,36H,5,10-13,16,18H2,1-4H3/t19?,25-,26+,27-,30-,31-/m0/s1. The summed E-state index contributed by atoms with van der Waals surface area (Å²) in [4.78, 5) is 26.0. The summed E-state index contributed by atoms with van der Waals surface area (Å²) in [6.45, 7) is 5.94. The smallest absolute Gasteiger partial charge is 0.388 e. The molecule has 1 unspecified atom stereocenters. The lowest BCUT2D eigenvalue weighted by atomic mass is 9.47. The Labute approximate surface area is 223 Å². The van der Waals surface area contributed by atoms with Crippen molar-refractivity contribution in [1.29, 1.82) is 0 Å². The molecular weight excluding hydrogens is 487 g/mol. The fourth-order valence-corrected chi connectivity index (χ4v) is 8.37. The Morgan fingerprint density at radius 3 is 2.53 bits per heavy atom. The molecule has 4 aliphatic carbocycles. The average molecular weight is 524 g/mol. The van der Waals surface area contributed by atoms with E-state index < -0.39 is 17.0 Å². The molecular formula is C32H36F3NO2. The largest absolute Gasteiger partial charge is 0.457 e. The molecule has 2 saturated carbocycles. The second kappa shape index (κ2) is 9.43. The third-order valence-electron chi connectivity index (χ3n) is 10.1. The monoisotopic (exact) mass is 523 g/mol. The number of carbonyl (C=O) groups excluding carboxylic acids is 2. The molecule has 0 aromatic heterocycles. The van der Waals surface area contributed by atoms with Crippen molar-refractivity contribution in [1.82, 2.24) is 0 Å². The van der Waals surface area contributed by atoms with Gasteiger partial charge in [-0.1, -0.05) is 44.4 Å². The topological polar surface area (TPSA) is 46.2 Å². The highest BCUT2D eigenvalue weighted by Gasteiger charge is 2.65. The van der Waals surface area contributed by atoms with Gasteiger partial charge in [0.1, 0.15) is 0 Å². The number of ketones is 2. The summed E-state index contributed by atoms with van der Waals surface area (Å²) < 4.78 is 40.2. The fourth-order valence-electron chi connectivity index (χ4n) is 8.37. The van der Waals surface area contributed by atoms with E-state index in [0.29, 0.717) is 32.1 Å². The Morgan fingerprint density at radius 1 is 1.18 bits per heavy atom. The van der Waals surface area contributed by atoms with E-state index in [4.69, 9.17) is 0 Å². The maximum atomic E-state index is 13.6. The van der Waals surface area contributed by atoms with Crippen LogP contribution in [0.1, 0.15) is 77.2 Å². The zero-order chi connectivity index (χ0) is 27.5. The molecule has 0 spiro atoms. The number of anilines is 1. The minimum Gasteiger partial charge on any atom is -0.388 e. The van der Waals surface area contributed by atoms with Crippen molar-refractivity contribution in [2.45, 2.75) is 77.8 Å². The van der Waals surface area contributed by atoms with Crippen molar-refractivity contribution in [3.63, 3.8) is 0 Å². The lowest BCUT2D eigenvalue weighted by molar-refractivity contribution is -0.132. The van der Waals surface area contributed by atoms with Gasteiger partial charge in [0.15, 0.2) is 11.6 Å². The number of benzene rings is 1. The summed E-state index contributed by atoms with van der Waals surface area (Å²) in [7, 11) is 1.86. The Kier molecular flexibility index (Phi) is 6.65. The predicted octanol–water partition coefficient (Wildman–Crippen LogP) is 7.41.